The smallest absolute Gasteiger partial charge is 0.145 e. The van der Waals surface area contributed by atoms with Crippen LogP contribution in [0.3, 0.4) is 0 Å². The molecule has 0 aliphatic heterocycles. The van der Waals surface area contributed by atoms with Gasteiger partial charge in [-0.05, 0) is 31.9 Å². The second-order valence-electron chi connectivity index (χ2n) is 4.24. The van der Waals surface area contributed by atoms with Gasteiger partial charge in [-0.1, -0.05) is 13.0 Å². The molecule has 2 rings (SSSR count). The lowest BCUT2D eigenvalue weighted by atomic mass is 10.1. The Morgan fingerprint density at radius 3 is 2.72 bits per heavy atom. The number of nitrogens with zero attached hydrogens (tertiary/aromatic N) is 3. The minimum Gasteiger partial charge on any atom is -0.363 e. The summed E-state index contributed by atoms with van der Waals surface area (Å²) in [4.78, 5) is 13.1. The summed E-state index contributed by atoms with van der Waals surface area (Å²) in [6.07, 6.45) is 4.57. The minimum atomic E-state index is 0.682. The SMILES string of the molecule is CCc1cccnc1CNc1cnc(C)c(C)n1. The number of hydrogen-bond acceptors (Lipinski definition) is 4. The molecule has 2 aromatic rings. The van der Waals surface area contributed by atoms with Gasteiger partial charge in [-0.2, -0.15) is 0 Å². The van der Waals surface area contributed by atoms with Crippen molar-refractivity contribution in [1.29, 1.82) is 0 Å². The molecule has 0 atom stereocenters. The molecule has 94 valence electrons. The average molecular weight is 242 g/mol. The van der Waals surface area contributed by atoms with Crippen molar-refractivity contribution >= 4 is 5.82 Å². The fourth-order valence-corrected chi connectivity index (χ4v) is 1.75. The Kier molecular flexibility index (Phi) is 3.87. The molecule has 0 aromatic carbocycles. The summed E-state index contributed by atoms with van der Waals surface area (Å²) in [7, 11) is 0. The molecule has 1 N–H and O–H groups in total. The maximum atomic E-state index is 4.44. The van der Waals surface area contributed by atoms with E-state index in [1.165, 1.54) is 5.56 Å². The quantitative estimate of drug-likeness (QED) is 0.895. The fraction of sp³-hybridized carbons (Fsp3) is 0.357. The first-order valence-electron chi connectivity index (χ1n) is 6.17. The minimum absolute atomic E-state index is 0.682. The lowest BCUT2D eigenvalue weighted by Gasteiger charge is -2.09. The van der Waals surface area contributed by atoms with Gasteiger partial charge >= 0.3 is 0 Å². The molecule has 0 amide bonds. The summed E-state index contributed by atoms with van der Waals surface area (Å²) in [6, 6.07) is 4.08. The number of anilines is 1. The molecule has 4 heteroatoms. The Morgan fingerprint density at radius 2 is 2.00 bits per heavy atom. The van der Waals surface area contributed by atoms with Gasteiger partial charge in [0, 0.05) is 6.20 Å². The summed E-state index contributed by atoms with van der Waals surface area (Å²) in [6.45, 7) is 6.74. The average Bonchev–Trinajstić information content (AvgIpc) is 2.40. The van der Waals surface area contributed by atoms with Crippen LogP contribution in [0.4, 0.5) is 5.82 Å². The van der Waals surface area contributed by atoms with Crippen LogP contribution in [0.5, 0.6) is 0 Å². The van der Waals surface area contributed by atoms with Gasteiger partial charge < -0.3 is 5.32 Å². The predicted molar refractivity (Wildman–Crippen MR) is 72.4 cm³/mol. The van der Waals surface area contributed by atoms with Gasteiger partial charge in [0.1, 0.15) is 5.82 Å². The van der Waals surface area contributed by atoms with E-state index in [-0.39, 0.29) is 0 Å². The molecule has 18 heavy (non-hydrogen) atoms. The summed E-state index contributed by atoms with van der Waals surface area (Å²) >= 11 is 0. The van der Waals surface area contributed by atoms with Crippen molar-refractivity contribution in [3.63, 3.8) is 0 Å². The van der Waals surface area contributed by atoms with Crippen LogP contribution >= 0.6 is 0 Å². The van der Waals surface area contributed by atoms with Crippen LogP contribution in [0.25, 0.3) is 0 Å². The van der Waals surface area contributed by atoms with Crippen LogP contribution in [-0.2, 0) is 13.0 Å². The number of hydrogen-bond donors (Lipinski definition) is 1. The first kappa shape index (κ1) is 12.5. The zero-order valence-electron chi connectivity index (χ0n) is 11.1. The first-order chi connectivity index (χ1) is 8.70. The Labute approximate surface area is 108 Å². The van der Waals surface area contributed by atoms with Crippen LogP contribution in [-0.4, -0.2) is 15.0 Å². The van der Waals surface area contributed by atoms with E-state index in [9.17, 15) is 0 Å². The second-order valence-corrected chi connectivity index (χ2v) is 4.24. The van der Waals surface area contributed by atoms with Gasteiger partial charge in [-0.3, -0.25) is 9.97 Å². The molecule has 0 aliphatic rings. The maximum absolute atomic E-state index is 4.44. The van der Waals surface area contributed by atoms with Crippen molar-refractivity contribution in [2.75, 3.05) is 5.32 Å². The molecule has 0 aliphatic carbocycles. The van der Waals surface area contributed by atoms with Crippen molar-refractivity contribution in [2.24, 2.45) is 0 Å². The Morgan fingerprint density at radius 1 is 1.17 bits per heavy atom. The summed E-state index contributed by atoms with van der Waals surface area (Å²) in [5.41, 5.74) is 4.26. The molecule has 0 unspecified atom stereocenters. The number of aryl methyl sites for hydroxylation is 3. The van der Waals surface area contributed by atoms with Gasteiger partial charge in [-0.15, -0.1) is 0 Å². The molecular formula is C14H18N4. The first-order valence-corrected chi connectivity index (χ1v) is 6.17. The van der Waals surface area contributed by atoms with Crippen LogP contribution in [0.1, 0.15) is 29.6 Å². The van der Waals surface area contributed by atoms with Gasteiger partial charge in [0.25, 0.3) is 0 Å². The zero-order valence-corrected chi connectivity index (χ0v) is 11.1. The number of pyridine rings is 1. The highest BCUT2D eigenvalue weighted by Gasteiger charge is 2.03. The zero-order chi connectivity index (χ0) is 13.0. The molecule has 2 aromatic heterocycles. The second kappa shape index (κ2) is 5.58. The van der Waals surface area contributed by atoms with Crippen molar-refractivity contribution in [3.05, 3.63) is 47.2 Å². The Hall–Kier alpha value is -1.97. The van der Waals surface area contributed by atoms with E-state index < -0.39 is 0 Å². The Balaban J connectivity index is 2.09. The third-order valence-electron chi connectivity index (χ3n) is 2.99. The van der Waals surface area contributed by atoms with E-state index in [2.05, 4.69) is 33.3 Å². The van der Waals surface area contributed by atoms with Gasteiger partial charge in [-0.25, -0.2) is 4.98 Å². The molecule has 0 saturated heterocycles. The predicted octanol–water partition coefficient (Wildman–Crippen LogP) is 2.66. The molecular weight excluding hydrogens is 224 g/mol. The van der Waals surface area contributed by atoms with Crippen LogP contribution in [0.15, 0.2) is 24.5 Å². The highest BCUT2D eigenvalue weighted by molar-refractivity contribution is 5.35. The highest BCUT2D eigenvalue weighted by Crippen LogP contribution is 2.10. The lowest BCUT2D eigenvalue weighted by Crippen LogP contribution is -2.07. The molecule has 2 heterocycles. The molecule has 4 nitrogen and oxygen atoms in total. The molecule has 0 bridgehead atoms. The fourth-order valence-electron chi connectivity index (χ4n) is 1.75. The number of rotatable bonds is 4. The summed E-state index contributed by atoms with van der Waals surface area (Å²) in [5.74, 6) is 0.797. The molecule has 0 radical (unpaired) electrons. The summed E-state index contributed by atoms with van der Waals surface area (Å²) in [5, 5.41) is 3.27. The van der Waals surface area contributed by atoms with E-state index in [1.807, 2.05) is 26.1 Å². The summed E-state index contributed by atoms with van der Waals surface area (Å²) < 4.78 is 0. The van der Waals surface area contributed by atoms with Crippen molar-refractivity contribution in [2.45, 2.75) is 33.7 Å². The maximum Gasteiger partial charge on any atom is 0.145 e. The van der Waals surface area contributed by atoms with Gasteiger partial charge in [0.05, 0.1) is 29.8 Å². The van der Waals surface area contributed by atoms with Crippen molar-refractivity contribution < 1.29 is 0 Å². The normalized spacial score (nSPS) is 10.4. The Bertz CT molecular complexity index is 537. The largest absolute Gasteiger partial charge is 0.363 e. The highest BCUT2D eigenvalue weighted by atomic mass is 15.0. The third kappa shape index (κ3) is 2.83. The molecule has 0 spiro atoms. The van der Waals surface area contributed by atoms with Crippen LogP contribution < -0.4 is 5.32 Å². The van der Waals surface area contributed by atoms with Crippen LogP contribution in [0, 0.1) is 13.8 Å². The molecule has 0 fully saturated rings. The van der Waals surface area contributed by atoms with E-state index >= 15 is 0 Å². The van der Waals surface area contributed by atoms with Crippen molar-refractivity contribution in [1.82, 2.24) is 15.0 Å². The van der Waals surface area contributed by atoms with Gasteiger partial charge in [0.2, 0.25) is 0 Å². The molecule has 0 saturated carbocycles. The van der Waals surface area contributed by atoms with E-state index in [0.717, 1.165) is 29.3 Å². The van der Waals surface area contributed by atoms with E-state index in [0.29, 0.717) is 6.54 Å². The number of nitrogens with one attached hydrogen (secondary N) is 1. The lowest BCUT2D eigenvalue weighted by molar-refractivity contribution is 0.951. The van der Waals surface area contributed by atoms with Gasteiger partial charge in [0.15, 0.2) is 0 Å². The van der Waals surface area contributed by atoms with E-state index in [1.54, 1.807) is 6.20 Å². The number of aromatic nitrogens is 3. The van der Waals surface area contributed by atoms with E-state index in [4.69, 9.17) is 0 Å². The topological polar surface area (TPSA) is 50.7 Å². The van der Waals surface area contributed by atoms with Crippen molar-refractivity contribution in [3.8, 4) is 0 Å². The monoisotopic (exact) mass is 242 g/mol. The third-order valence-corrected chi connectivity index (χ3v) is 2.99. The standard InChI is InChI=1S/C14H18N4/c1-4-12-6-5-7-15-13(12)8-17-14-9-16-10(2)11(3)18-14/h5-7,9H,4,8H2,1-3H3,(H,17,18). The van der Waals surface area contributed by atoms with Crippen LogP contribution in [0.2, 0.25) is 0 Å².